The Bertz CT molecular complexity index is 792. The molecule has 118 valence electrons. The minimum Gasteiger partial charge on any atom is -0.358 e. The highest BCUT2D eigenvalue weighted by molar-refractivity contribution is 6.05. The van der Waals surface area contributed by atoms with Crippen molar-refractivity contribution >= 4 is 22.7 Å². The number of likely N-dealkylation sites (tertiary alicyclic amines) is 1. The van der Waals surface area contributed by atoms with Gasteiger partial charge in [0.15, 0.2) is 0 Å². The lowest BCUT2D eigenvalue weighted by atomic mass is 9.85. The molecule has 0 spiro atoms. The van der Waals surface area contributed by atoms with Crippen molar-refractivity contribution in [1.82, 2.24) is 9.88 Å². The molecule has 1 aliphatic heterocycles. The molecule has 2 aliphatic rings. The highest BCUT2D eigenvalue weighted by atomic mass is 16.2. The molecule has 1 aliphatic carbocycles. The second kappa shape index (κ2) is 5.37. The molecule has 4 nitrogen and oxygen atoms in total. The molecule has 2 atom stereocenters. The minimum absolute atomic E-state index is 0.0156. The SMILES string of the molecule is Cc1[nH]c2ccccc2c1CCN1C(=O)[C@H]2CC=CC[C@H]2C1=O. The summed E-state index contributed by atoms with van der Waals surface area (Å²) >= 11 is 0. The van der Waals surface area contributed by atoms with Crippen LogP contribution in [0.4, 0.5) is 0 Å². The fourth-order valence-corrected chi connectivity index (χ4v) is 3.97. The summed E-state index contributed by atoms with van der Waals surface area (Å²) < 4.78 is 0. The lowest BCUT2D eigenvalue weighted by Crippen LogP contribution is -2.33. The van der Waals surface area contributed by atoms with Gasteiger partial charge in [-0.3, -0.25) is 14.5 Å². The molecule has 0 unspecified atom stereocenters. The number of hydrogen-bond donors (Lipinski definition) is 1. The third kappa shape index (κ3) is 2.21. The quantitative estimate of drug-likeness (QED) is 0.700. The van der Waals surface area contributed by atoms with E-state index in [0.717, 1.165) is 11.2 Å². The monoisotopic (exact) mass is 308 g/mol. The highest BCUT2D eigenvalue weighted by Crippen LogP contribution is 2.35. The summed E-state index contributed by atoms with van der Waals surface area (Å²) in [7, 11) is 0. The van der Waals surface area contributed by atoms with E-state index >= 15 is 0 Å². The molecule has 1 aromatic carbocycles. The van der Waals surface area contributed by atoms with Gasteiger partial charge in [0.1, 0.15) is 0 Å². The lowest BCUT2D eigenvalue weighted by Gasteiger charge is -2.14. The molecule has 23 heavy (non-hydrogen) atoms. The van der Waals surface area contributed by atoms with E-state index in [9.17, 15) is 9.59 Å². The van der Waals surface area contributed by atoms with E-state index in [2.05, 4.69) is 17.1 Å². The first-order chi connectivity index (χ1) is 11.2. The molecule has 4 heteroatoms. The van der Waals surface area contributed by atoms with Crippen LogP contribution in [-0.2, 0) is 16.0 Å². The first kappa shape index (κ1) is 14.2. The third-order valence-electron chi connectivity index (χ3n) is 5.21. The Balaban J connectivity index is 1.56. The van der Waals surface area contributed by atoms with E-state index in [1.165, 1.54) is 15.8 Å². The molecule has 1 N–H and O–H groups in total. The second-order valence-electron chi connectivity index (χ2n) is 6.51. The van der Waals surface area contributed by atoms with Crippen molar-refractivity contribution in [2.45, 2.75) is 26.2 Å². The van der Waals surface area contributed by atoms with Crippen LogP contribution in [0.3, 0.4) is 0 Å². The minimum atomic E-state index is -0.128. The summed E-state index contributed by atoms with van der Waals surface area (Å²) in [4.78, 5) is 29.9. The molecule has 4 rings (SSSR count). The van der Waals surface area contributed by atoms with Crippen LogP contribution < -0.4 is 0 Å². The van der Waals surface area contributed by atoms with E-state index in [1.54, 1.807) is 0 Å². The summed E-state index contributed by atoms with van der Waals surface area (Å²) in [5.41, 5.74) is 3.43. The van der Waals surface area contributed by atoms with E-state index in [-0.39, 0.29) is 23.7 Å². The van der Waals surface area contributed by atoms with E-state index in [4.69, 9.17) is 0 Å². The Kier molecular flexibility index (Phi) is 3.33. The number of nitrogens with zero attached hydrogens (tertiary/aromatic N) is 1. The van der Waals surface area contributed by atoms with Gasteiger partial charge in [0.05, 0.1) is 11.8 Å². The van der Waals surface area contributed by atoms with Gasteiger partial charge in [-0.1, -0.05) is 30.4 Å². The predicted octanol–water partition coefficient (Wildman–Crippen LogP) is 2.97. The number of aromatic nitrogens is 1. The van der Waals surface area contributed by atoms with Crippen molar-refractivity contribution in [3.05, 3.63) is 47.7 Å². The molecular formula is C19H20N2O2. The maximum atomic E-state index is 12.5. The van der Waals surface area contributed by atoms with Gasteiger partial charge in [-0.15, -0.1) is 0 Å². The molecule has 0 saturated carbocycles. The summed E-state index contributed by atoms with van der Waals surface area (Å²) in [6, 6.07) is 8.17. The van der Waals surface area contributed by atoms with E-state index in [0.29, 0.717) is 25.8 Å². The van der Waals surface area contributed by atoms with Gasteiger partial charge in [0, 0.05) is 23.1 Å². The molecule has 1 fully saturated rings. The van der Waals surface area contributed by atoms with E-state index in [1.807, 2.05) is 31.2 Å². The summed E-state index contributed by atoms with van der Waals surface area (Å²) in [5, 5.41) is 1.18. The second-order valence-corrected chi connectivity index (χ2v) is 6.51. The Morgan fingerprint density at radius 2 is 1.74 bits per heavy atom. The number of imide groups is 1. The van der Waals surface area contributed by atoms with Gasteiger partial charge < -0.3 is 4.98 Å². The van der Waals surface area contributed by atoms with E-state index < -0.39 is 0 Å². The topological polar surface area (TPSA) is 53.2 Å². The number of H-pyrrole nitrogens is 1. The largest absolute Gasteiger partial charge is 0.358 e. The van der Waals surface area contributed by atoms with Crippen LogP contribution >= 0.6 is 0 Å². The zero-order valence-electron chi connectivity index (χ0n) is 13.2. The fourth-order valence-electron chi connectivity index (χ4n) is 3.97. The van der Waals surface area contributed by atoms with Crippen LogP contribution in [0.5, 0.6) is 0 Å². The Labute approximate surface area is 135 Å². The number of allylic oxidation sites excluding steroid dienone is 2. The summed E-state index contributed by atoms with van der Waals surface area (Å²) in [6.45, 7) is 2.53. The number of aryl methyl sites for hydroxylation is 1. The number of para-hydroxylation sites is 1. The van der Waals surface area contributed by atoms with Crippen LogP contribution in [-0.4, -0.2) is 28.2 Å². The lowest BCUT2D eigenvalue weighted by molar-refractivity contribution is -0.139. The molecule has 2 aromatic rings. The zero-order chi connectivity index (χ0) is 16.0. The van der Waals surface area contributed by atoms with Crippen molar-refractivity contribution in [2.75, 3.05) is 6.54 Å². The number of hydrogen-bond acceptors (Lipinski definition) is 2. The first-order valence-electron chi connectivity index (χ1n) is 8.23. The fraction of sp³-hybridized carbons (Fsp3) is 0.368. The zero-order valence-corrected chi connectivity index (χ0v) is 13.2. The third-order valence-corrected chi connectivity index (χ3v) is 5.21. The standard InChI is InChI=1S/C19H20N2O2/c1-12-13(14-6-4-5-9-17(14)20-12)10-11-21-18(22)15-7-2-3-8-16(15)19(21)23/h2-6,9,15-16,20H,7-8,10-11H2,1H3/t15-,16+. The Morgan fingerprint density at radius 3 is 2.43 bits per heavy atom. The number of amides is 2. The molecule has 1 aromatic heterocycles. The summed E-state index contributed by atoms with van der Waals surface area (Å²) in [6.07, 6.45) is 6.18. The molecule has 2 heterocycles. The predicted molar refractivity (Wildman–Crippen MR) is 88.8 cm³/mol. The van der Waals surface area contributed by atoms with Gasteiger partial charge in [-0.05, 0) is 37.8 Å². The maximum absolute atomic E-state index is 12.5. The van der Waals surface area contributed by atoms with Gasteiger partial charge in [0.25, 0.3) is 0 Å². The Hall–Kier alpha value is -2.36. The molecular weight excluding hydrogens is 288 g/mol. The average Bonchev–Trinajstić information content (AvgIpc) is 3.01. The summed E-state index contributed by atoms with van der Waals surface area (Å²) in [5.74, 6) is -0.225. The van der Waals surface area contributed by atoms with Crippen molar-refractivity contribution in [2.24, 2.45) is 11.8 Å². The van der Waals surface area contributed by atoms with Gasteiger partial charge >= 0.3 is 0 Å². The van der Waals surface area contributed by atoms with Gasteiger partial charge in [-0.25, -0.2) is 0 Å². The molecule has 0 bridgehead atoms. The van der Waals surface area contributed by atoms with Crippen molar-refractivity contribution in [3.8, 4) is 0 Å². The van der Waals surface area contributed by atoms with Crippen LogP contribution in [0.2, 0.25) is 0 Å². The number of fused-ring (bicyclic) bond motifs is 2. The Morgan fingerprint density at radius 1 is 1.09 bits per heavy atom. The number of rotatable bonds is 3. The smallest absolute Gasteiger partial charge is 0.233 e. The number of nitrogens with one attached hydrogen (secondary N) is 1. The van der Waals surface area contributed by atoms with Gasteiger partial charge in [-0.2, -0.15) is 0 Å². The normalized spacial score (nSPS) is 23.8. The molecule has 0 radical (unpaired) electrons. The van der Waals surface area contributed by atoms with Crippen molar-refractivity contribution in [1.29, 1.82) is 0 Å². The number of carbonyl (C=O) groups is 2. The number of aromatic amines is 1. The average molecular weight is 308 g/mol. The van der Waals surface area contributed by atoms with Gasteiger partial charge in [0.2, 0.25) is 11.8 Å². The van der Waals surface area contributed by atoms with Crippen LogP contribution in [0, 0.1) is 18.8 Å². The number of carbonyl (C=O) groups excluding carboxylic acids is 2. The highest BCUT2D eigenvalue weighted by Gasteiger charge is 2.46. The van der Waals surface area contributed by atoms with Crippen LogP contribution in [0.15, 0.2) is 36.4 Å². The molecule has 1 saturated heterocycles. The van der Waals surface area contributed by atoms with Crippen molar-refractivity contribution < 1.29 is 9.59 Å². The van der Waals surface area contributed by atoms with Crippen LogP contribution in [0.25, 0.3) is 10.9 Å². The number of benzene rings is 1. The molecule has 2 amide bonds. The maximum Gasteiger partial charge on any atom is 0.233 e. The van der Waals surface area contributed by atoms with Crippen LogP contribution in [0.1, 0.15) is 24.1 Å². The van der Waals surface area contributed by atoms with Crippen molar-refractivity contribution in [3.63, 3.8) is 0 Å². The first-order valence-corrected chi connectivity index (χ1v) is 8.23.